The molecular weight excluding hydrogens is 538 g/mol. The molecule has 2 amide bonds. The van der Waals surface area contributed by atoms with Gasteiger partial charge < -0.3 is 15.7 Å². The topological polar surface area (TPSA) is 156 Å². The number of carboxylic acid groups (broad SMARTS) is 1. The molecule has 39 heavy (non-hydrogen) atoms. The normalized spacial score (nSPS) is 12.1. The standard InChI is InChI=1S/C28H25N3O6S2/c1-2-24(27(33)30-18-12-14-21(15-13-18)39(29,36)37)38-20-9-5-8-19(16-20)31-26(32)22-10-3-6-17-7-4-11-23(25(17)22)28(34)35/h3-16,24H,2H2,1H3,(H,30,33)(H,31,32)(H,34,35)(H2,29,36,37). The summed E-state index contributed by atoms with van der Waals surface area (Å²) in [6.45, 7) is 1.87. The van der Waals surface area contributed by atoms with Crippen molar-refractivity contribution in [3.8, 4) is 0 Å². The Labute approximate surface area is 229 Å². The van der Waals surface area contributed by atoms with Crippen LogP contribution in [-0.2, 0) is 14.8 Å². The van der Waals surface area contributed by atoms with Crippen molar-refractivity contribution in [2.45, 2.75) is 28.4 Å². The molecule has 5 N–H and O–H groups in total. The number of hydrogen-bond donors (Lipinski definition) is 4. The van der Waals surface area contributed by atoms with Crippen LogP contribution in [0.5, 0.6) is 0 Å². The van der Waals surface area contributed by atoms with Crippen LogP contribution < -0.4 is 15.8 Å². The molecule has 11 heteroatoms. The van der Waals surface area contributed by atoms with Crippen molar-refractivity contribution in [3.63, 3.8) is 0 Å². The highest BCUT2D eigenvalue weighted by Gasteiger charge is 2.20. The van der Waals surface area contributed by atoms with Gasteiger partial charge >= 0.3 is 5.97 Å². The molecule has 0 bridgehead atoms. The zero-order valence-electron chi connectivity index (χ0n) is 20.7. The van der Waals surface area contributed by atoms with Gasteiger partial charge in [-0.05, 0) is 66.4 Å². The van der Waals surface area contributed by atoms with E-state index in [-0.39, 0.29) is 21.9 Å². The minimum Gasteiger partial charge on any atom is -0.478 e. The van der Waals surface area contributed by atoms with Gasteiger partial charge in [0.1, 0.15) is 0 Å². The van der Waals surface area contributed by atoms with Gasteiger partial charge in [0.2, 0.25) is 15.9 Å². The van der Waals surface area contributed by atoms with Gasteiger partial charge in [-0.3, -0.25) is 9.59 Å². The van der Waals surface area contributed by atoms with Crippen LogP contribution in [0, 0.1) is 0 Å². The SMILES string of the molecule is CCC(Sc1cccc(NC(=O)c2cccc3cccc(C(=O)O)c23)c1)C(=O)Nc1ccc(S(N)(=O)=O)cc1. The maximum Gasteiger partial charge on any atom is 0.336 e. The average Bonchev–Trinajstić information content (AvgIpc) is 2.90. The van der Waals surface area contributed by atoms with E-state index in [1.54, 1.807) is 48.5 Å². The highest BCUT2D eigenvalue weighted by atomic mass is 32.2. The second-order valence-electron chi connectivity index (χ2n) is 8.57. The van der Waals surface area contributed by atoms with Crippen molar-refractivity contribution in [2.24, 2.45) is 5.14 Å². The Hall–Kier alpha value is -4.19. The van der Waals surface area contributed by atoms with E-state index in [1.807, 2.05) is 13.0 Å². The van der Waals surface area contributed by atoms with E-state index in [4.69, 9.17) is 5.14 Å². The lowest BCUT2D eigenvalue weighted by molar-refractivity contribution is -0.115. The van der Waals surface area contributed by atoms with Crippen LogP contribution in [0.1, 0.15) is 34.1 Å². The van der Waals surface area contributed by atoms with Crippen LogP contribution in [0.3, 0.4) is 0 Å². The van der Waals surface area contributed by atoms with Crippen molar-refractivity contribution in [1.82, 2.24) is 0 Å². The monoisotopic (exact) mass is 563 g/mol. The van der Waals surface area contributed by atoms with Crippen molar-refractivity contribution < 1.29 is 27.9 Å². The lowest BCUT2D eigenvalue weighted by Crippen LogP contribution is -2.24. The number of anilines is 2. The lowest BCUT2D eigenvalue weighted by atomic mass is 9.98. The summed E-state index contributed by atoms with van der Waals surface area (Å²) in [6, 6.07) is 22.5. The third-order valence-electron chi connectivity index (χ3n) is 5.86. The number of benzene rings is 4. The molecule has 0 fully saturated rings. The van der Waals surface area contributed by atoms with E-state index < -0.39 is 27.1 Å². The summed E-state index contributed by atoms with van der Waals surface area (Å²) in [5, 5.41) is 20.9. The highest BCUT2D eigenvalue weighted by Crippen LogP contribution is 2.30. The van der Waals surface area contributed by atoms with E-state index in [9.17, 15) is 27.9 Å². The van der Waals surface area contributed by atoms with E-state index in [0.717, 1.165) is 4.90 Å². The summed E-state index contributed by atoms with van der Waals surface area (Å²) < 4.78 is 22.9. The number of carbonyl (C=O) groups excluding carboxylic acids is 2. The molecule has 0 saturated heterocycles. The molecule has 4 aromatic rings. The van der Waals surface area contributed by atoms with Gasteiger partial charge in [-0.1, -0.05) is 37.3 Å². The number of aromatic carboxylic acids is 1. The molecule has 0 spiro atoms. The predicted octanol–water partition coefficient (Wildman–Crippen LogP) is 4.95. The first-order valence-corrected chi connectivity index (χ1v) is 14.3. The van der Waals surface area contributed by atoms with Gasteiger partial charge in [-0.15, -0.1) is 11.8 Å². The number of fused-ring (bicyclic) bond motifs is 1. The van der Waals surface area contributed by atoms with Crippen LogP contribution in [0.25, 0.3) is 10.8 Å². The number of amides is 2. The Morgan fingerprint density at radius 1 is 0.872 bits per heavy atom. The summed E-state index contributed by atoms with van der Waals surface area (Å²) in [7, 11) is -3.83. The predicted molar refractivity (Wildman–Crippen MR) is 152 cm³/mol. The summed E-state index contributed by atoms with van der Waals surface area (Å²) >= 11 is 1.31. The molecule has 4 aromatic carbocycles. The lowest BCUT2D eigenvalue weighted by Gasteiger charge is -2.16. The number of rotatable bonds is 9. The quantitative estimate of drug-likeness (QED) is 0.210. The van der Waals surface area contributed by atoms with Crippen LogP contribution >= 0.6 is 11.8 Å². The maximum absolute atomic E-state index is 13.2. The number of carboxylic acids is 1. The van der Waals surface area contributed by atoms with Crippen molar-refractivity contribution in [3.05, 3.63) is 96.1 Å². The fourth-order valence-corrected chi connectivity index (χ4v) is 5.52. The van der Waals surface area contributed by atoms with Crippen molar-refractivity contribution in [1.29, 1.82) is 0 Å². The zero-order chi connectivity index (χ0) is 28.2. The Bertz CT molecular complexity index is 1670. The number of nitrogens with two attached hydrogens (primary N) is 1. The van der Waals surface area contributed by atoms with E-state index in [1.165, 1.54) is 42.1 Å². The smallest absolute Gasteiger partial charge is 0.336 e. The molecule has 200 valence electrons. The van der Waals surface area contributed by atoms with Crippen LogP contribution in [0.15, 0.2) is 94.7 Å². The number of hydrogen-bond acceptors (Lipinski definition) is 6. The van der Waals surface area contributed by atoms with Crippen molar-refractivity contribution >= 4 is 61.7 Å². The largest absolute Gasteiger partial charge is 0.478 e. The molecule has 1 unspecified atom stereocenters. The molecular formula is C28H25N3O6S2. The number of nitrogens with one attached hydrogen (secondary N) is 2. The Morgan fingerprint density at radius 3 is 2.13 bits per heavy atom. The molecule has 0 aliphatic rings. The zero-order valence-corrected chi connectivity index (χ0v) is 22.4. The third-order valence-corrected chi connectivity index (χ3v) is 8.15. The number of thioether (sulfide) groups is 1. The summed E-state index contributed by atoms with van der Waals surface area (Å²) in [5.41, 5.74) is 1.20. The Morgan fingerprint density at radius 2 is 1.51 bits per heavy atom. The van der Waals surface area contributed by atoms with Gasteiger partial charge in [0.15, 0.2) is 0 Å². The van der Waals surface area contributed by atoms with Gasteiger partial charge in [0.05, 0.1) is 15.7 Å². The van der Waals surface area contributed by atoms with Gasteiger partial charge in [-0.2, -0.15) is 0 Å². The summed E-state index contributed by atoms with van der Waals surface area (Å²) in [5.74, 6) is -1.84. The molecule has 0 aliphatic carbocycles. The molecule has 0 aliphatic heterocycles. The molecule has 9 nitrogen and oxygen atoms in total. The number of primary sulfonamides is 1. The molecule has 1 atom stereocenters. The second-order valence-corrected chi connectivity index (χ2v) is 11.4. The minimum absolute atomic E-state index is 0.0404. The summed E-state index contributed by atoms with van der Waals surface area (Å²) in [6.07, 6.45) is 0.510. The fourth-order valence-electron chi connectivity index (χ4n) is 3.99. The third kappa shape index (κ3) is 6.63. The van der Waals surface area contributed by atoms with Gasteiger partial charge in [0.25, 0.3) is 5.91 Å². The first-order chi connectivity index (χ1) is 18.6. The van der Waals surface area contributed by atoms with E-state index >= 15 is 0 Å². The van der Waals surface area contributed by atoms with Crippen LogP contribution in [0.4, 0.5) is 11.4 Å². The van der Waals surface area contributed by atoms with Crippen LogP contribution in [-0.4, -0.2) is 36.6 Å². The van der Waals surface area contributed by atoms with Crippen molar-refractivity contribution in [2.75, 3.05) is 10.6 Å². The van der Waals surface area contributed by atoms with Crippen LogP contribution in [0.2, 0.25) is 0 Å². The minimum atomic E-state index is -3.83. The maximum atomic E-state index is 13.2. The molecule has 0 aromatic heterocycles. The molecule has 0 radical (unpaired) electrons. The molecule has 0 saturated carbocycles. The Kier molecular flexibility index (Phi) is 8.34. The number of carbonyl (C=O) groups is 3. The fraction of sp³-hybridized carbons (Fsp3) is 0.107. The van der Waals surface area contributed by atoms with E-state index in [2.05, 4.69) is 10.6 Å². The molecule has 4 rings (SSSR count). The first kappa shape index (κ1) is 27.8. The van der Waals surface area contributed by atoms with E-state index in [0.29, 0.717) is 28.6 Å². The second kappa shape index (κ2) is 11.7. The van der Waals surface area contributed by atoms with Gasteiger partial charge in [0, 0.05) is 27.2 Å². The summed E-state index contributed by atoms with van der Waals surface area (Å²) in [4.78, 5) is 38.5. The first-order valence-electron chi connectivity index (χ1n) is 11.8. The van der Waals surface area contributed by atoms with Gasteiger partial charge in [-0.25, -0.2) is 18.4 Å². The molecule has 0 heterocycles. The Balaban J connectivity index is 1.49. The highest BCUT2D eigenvalue weighted by molar-refractivity contribution is 8.00. The number of sulfonamides is 1. The average molecular weight is 564 g/mol.